The molecule has 0 atom stereocenters. The third-order valence-corrected chi connectivity index (χ3v) is 5.08. The third kappa shape index (κ3) is 3.41. The van der Waals surface area contributed by atoms with E-state index in [9.17, 15) is 22.4 Å². The number of anilines is 1. The van der Waals surface area contributed by atoms with E-state index in [2.05, 4.69) is 10.1 Å². The maximum Gasteiger partial charge on any atom is 0.256 e. The number of aromatic nitrogens is 3. The van der Waals surface area contributed by atoms with Gasteiger partial charge in [0.25, 0.3) is 5.91 Å². The number of aryl methyl sites for hydroxylation is 2. The minimum atomic E-state index is -1.69. The molecule has 2 heterocycles. The zero-order valence-corrected chi connectivity index (χ0v) is 16.7. The quantitative estimate of drug-likeness (QED) is 0.367. The largest absolute Gasteiger partial charge is 0.317 e. The standard InChI is InChI=1S/C22H16F4N4O/c1-10-18(11(2)30(3)29-10)17-8-13(12-6-4-5-7-16(12)27-17)22(31)28-21-19(25)14(23)9-15(24)20(21)26/h4-9H,1-3H3,(H,28,31). The summed E-state index contributed by atoms with van der Waals surface area (Å²) in [4.78, 5) is 17.6. The van der Waals surface area contributed by atoms with Gasteiger partial charge in [0.15, 0.2) is 23.3 Å². The summed E-state index contributed by atoms with van der Waals surface area (Å²) in [7, 11) is 1.77. The number of para-hydroxylation sites is 1. The van der Waals surface area contributed by atoms with Crippen molar-refractivity contribution in [3.63, 3.8) is 0 Å². The van der Waals surface area contributed by atoms with E-state index in [1.165, 1.54) is 6.07 Å². The Kier molecular flexibility index (Phi) is 4.96. The lowest BCUT2D eigenvalue weighted by atomic mass is 10.0. The van der Waals surface area contributed by atoms with Gasteiger partial charge >= 0.3 is 0 Å². The molecule has 0 aliphatic rings. The first-order valence-corrected chi connectivity index (χ1v) is 9.23. The van der Waals surface area contributed by atoms with Crippen molar-refractivity contribution in [2.75, 3.05) is 5.32 Å². The summed E-state index contributed by atoms with van der Waals surface area (Å²) in [5, 5.41) is 6.71. The van der Waals surface area contributed by atoms with Crippen molar-refractivity contribution in [2.45, 2.75) is 13.8 Å². The fourth-order valence-electron chi connectivity index (χ4n) is 3.50. The molecular formula is C22H16F4N4O. The summed E-state index contributed by atoms with van der Waals surface area (Å²) < 4.78 is 56.9. The molecule has 158 valence electrons. The summed E-state index contributed by atoms with van der Waals surface area (Å²) >= 11 is 0. The number of benzene rings is 2. The molecule has 0 aliphatic carbocycles. The van der Waals surface area contributed by atoms with Crippen LogP contribution in [0.4, 0.5) is 23.2 Å². The van der Waals surface area contributed by atoms with Crippen molar-refractivity contribution in [1.82, 2.24) is 14.8 Å². The highest BCUT2D eigenvalue weighted by Gasteiger charge is 2.23. The number of carbonyl (C=O) groups excluding carboxylic acids is 1. The first-order valence-electron chi connectivity index (χ1n) is 9.23. The van der Waals surface area contributed by atoms with Crippen LogP contribution in [-0.4, -0.2) is 20.7 Å². The molecule has 0 bridgehead atoms. The van der Waals surface area contributed by atoms with Gasteiger partial charge in [-0.05, 0) is 26.0 Å². The lowest BCUT2D eigenvalue weighted by molar-refractivity contribution is 0.102. The van der Waals surface area contributed by atoms with Crippen molar-refractivity contribution in [3.8, 4) is 11.3 Å². The van der Waals surface area contributed by atoms with Crippen LogP contribution in [0.15, 0.2) is 36.4 Å². The zero-order chi connectivity index (χ0) is 22.4. The van der Waals surface area contributed by atoms with Gasteiger partial charge in [0, 0.05) is 29.8 Å². The molecule has 1 N–H and O–H groups in total. The molecule has 0 saturated heterocycles. The maximum absolute atomic E-state index is 14.1. The number of rotatable bonds is 3. The van der Waals surface area contributed by atoms with Crippen LogP contribution in [0, 0.1) is 37.1 Å². The van der Waals surface area contributed by atoms with Crippen LogP contribution < -0.4 is 5.32 Å². The molecule has 31 heavy (non-hydrogen) atoms. The van der Waals surface area contributed by atoms with Crippen LogP contribution >= 0.6 is 0 Å². The van der Waals surface area contributed by atoms with E-state index in [0.717, 1.165) is 5.69 Å². The molecule has 1 amide bonds. The summed E-state index contributed by atoms with van der Waals surface area (Å²) in [6.07, 6.45) is 0. The number of carbonyl (C=O) groups is 1. The number of halogens is 4. The van der Waals surface area contributed by atoms with E-state index in [1.807, 2.05) is 12.2 Å². The smallest absolute Gasteiger partial charge is 0.256 e. The molecule has 0 saturated carbocycles. The number of pyridine rings is 1. The van der Waals surface area contributed by atoms with Gasteiger partial charge in [-0.1, -0.05) is 18.2 Å². The Labute approximate surface area is 174 Å². The average Bonchev–Trinajstić information content (AvgIpc) is 3.00. The van der Waals surface area contributed by atoms with Gasteiger partial charge in [0.2, 0.25) is 0 Å². The monoisotopic (exact) mass is 428 g/mol. The van der Waals surface area contributed by atoms with Gasteiger partial charge in [-0.3, -0.25) is 9.48 Å². The Bertz CT molecular complexity index is 1340. The highest BCUT2D eigenvalue weighted by molar-refractivity contribution is 6.13. The van der Waals surface area contributed by atoms with Crippen LogP contribution in [0.25, 0.3) is 22.2 Å². The van der Waals surface area contributed by atoms with Crippen molar-refractivity contribution >= 4 is 22.5 Å². The van der Waals surface area contributed by atoms with Gasteiger partial charge in [-0.25, -0.2) is 22.5 Å². The molecular weight excluding hydrogens is 412 g/mol. The van der Waals surface area contributed by atoms with E-state index in [1.54, 1.807) is 42.9 Å². The number of hydrogen-bond donors (Lipinski definition) is 1. The number of fused-ring (bicyclic) bond motifs is 1. The predicted octanol–water partition coefficient (Wildman–Crippen LogP) is 5.06. The van der Waals surface area contributed by atoms with Crippen LogP contribution in [0.3, 0.4) is 0 Å². The average molecular weight is 428 g/mol. The number of hydrogen-bond acceptors (Lipinski definition) is 3. The zero-order valence-electron chi connectivity index (χ0n) is 16.7. The third-order valence-electron chi connectivity index (χ3n) is 5.08. The molecule has 0 fully saturated rings. The Morgan fingerprint density at radius 3 is 2.26 bits per heavy atom. The van der Waals surface area contributed by atoms with Crippen molar-refractivity contribution in [1.29, 1.82) is 0 Å². The predicted molar refractivity (Wildman–Crippen MR) is 108 cm³/mol. The van der Waals surface area contributed by atoms with Gasteiger partial charge in [-0.2, -0.15) is 5.10 Å². The number of nitrogens with one attached hydrogen (secondary N) is 1. The van der Waals surface area contributed by atoms with Gasteiger partial charge < -0.3 is 5.32 Å². The second-order valence-electron chi connectivity index (χ2n) is 7.04. The lowest BCUT2D eigenvalue weighted by Crippen LogP contribution is -2.16. The molecule has 9 heteroatoms. The van der Waals surface area contributed by atoms with Crippen LogP contribution in [0.1, 0.15) is 21.7 Å². The van der Waals surface area contributed by atoms with E-state index in [-0.39, 0.29) is 11.6 Å². The van der Waals surface area contributed by atoms with Crippen molar-refractivity contribution in [3.05, 3.63) is 76.6 Å². The fraction of sp³-hybridized carbons (Fsp3) is 0.136. The first-order chi connectivity index (χ1) is 14.7. The Balaban J connectivity index is 1.89. The van der Waals surface area contributed by atoms with E-state index < -0.39 is 34.9 Å². The van der Waals surface area contributed by atoms with Crippen LogP contribution in [-0.2, 0) is 7.05 Å². The molecule has 2 aromatic heterocycles. The molecule has 0 spiro atoms. The highest BCUT2D eigenvalue weighted by atomic mass is 19.2. The normalized spacial score (nSPS) is 11.2. The minimum absolute atomic E-state index is 0.0340. The summed E-state index contributed by atoms with van der Waals surface area (Å²) in [5.74, 6) is -7.55. The van der Waals surface area contributed by atoms with Gasteiger partial charge in [0.1, 0.15) is 5.69 Å². The van der Waals surface area contributed by atoms with Crippen LogP contribution in [0.5, 0.6) is 0 Å². The minimum Gasteiger partial charge on any atom is -0.317 e. The first kappa shape index (κ1) is 20.5. The van der Waals surface area contributed by atoms with Gasteiger partial charge in [0.05, 0.1) is 22.5 Å². The van der Waals surface area contributed by atoms with Crippen molar-refractivity contribution in [2.24, 2.45) is 7.05 Å². The maximum atomic E-state index is 14.1. The Morgan fingerprint density at radius 1 is 1.00 bits per heavy atom. The number of amides is 1. The molecule has 0 unspecified atom stereocenters. The van der Waals surface area contributed by atoms with E-state index in [4.69, 9.17) is 0 Å². The SMILES string of the molecule is Cc1nn(C)c(C)c1-c1cc(C(=O)Nc2c(F)c(F)cc(F)c2F)c2ccccc2n1. The molecule has 0 radical (unpaired) electrons. The summed E-state index contributed by atoms with van der Waals surface area (Å²) in [5.41, 5.74) is 1.91. The van der Waals surface area contributed by atoms with Crippen molar-refractivity contribution < 1.29 is 22.4 Å². The second-order valence-corrected chi connectivity index (χ2v) is 7.04. The Hall–Kier alpha value is -3.75. The van der Waals surface area contributed by atoms with Gasteiger partial charge in [-0.15, -0.1) is 0 Å². The highest BCUT2D eigenvalue weighted by Crippen LogP contribution is 2.30. The fourth-order valence-corrected chi connectivity index (χ4v) is 3.50. The number of nitrogens with zero attached hydrogens (tertiary/aromatic N) is 3. The summed E-state index contributed by atoms with van der Waals surface area (Å²) in [6.45, 7) is 3.63. The van der Waals surface area contributed by atoms with E-state index >= 15 is 0 Å². The molecule has 4 aromatic rings. The molecule has 5 nitrogen and oxygen atoms in total. The van der Waals surface area contributed by atoms with E-state index in [0.29, 0.717) is 27.9 Å². The van der Waals surface area contributed by atoms with Crippen LogP contribution in [0.2, 0.25) is 0 Å². The Morgan fingerprint density at radius 2 is 1.65 bits per heavy atom. The molecule has 0 aliphatic heterocycles. The lowest BCUT2D eigenvalue weighted by Gasteiger charge is -2.12. The summed E-state index contributed by atoms with van der Waals surface area (Å²) in [6, 6.07) is 8.23. The second kappa shape index (κ2) is 7.50. The molecule has 4 rings (SSSR count). The topological polar surface area (TPSA) is 59.8 Å². The molecule has 2 aromatic carbocycles.